The van der Waals surface area contributed by atoms with E-state index in [1.165, 1.54) is 0 Å². The number of methoxy groups -OCH3 is 1. The lowest BCUT2D eigenvalue weighted by molar-refractivity contribution is -0.117. The zero-order chi connectivity index (χ0) is 19.0. The van der Waals surface area contributed by atoms with E-state index in [0.29, 0.717) is 30.4 Å². The van der Waals surface area contributed by atoms with Gasteiger partial charge in [-0.2, -0.15) is 4.98 Å². The molecule has 0 spiro atoms. The molecule has 27 heavy (non-hydrogen) atoms. The third kappa shape index (κ3) is 3.30. The molecular weight excluding hydrogens is 342 g/mol. The maximum absolute atomic E-state index is 12.6. The number of anilines is 1. The summed E-state index contributed by atoms with van der Waals surface area (Å²) in [7, 11) is 1.61. The first kappa shape index (κ1) is 17.3. The Morgan fingerprint density at radius 1 is 1.15 bits per heavy atom. The summed E-state index contributed by atoms with van der Waals surface area (Å²) in [6, 6.07) is 13.7. The van der Waals surface area contributed by atoms with E-state index < -0.39 is 0 Å². The van der Waals surface area contributed by atoms with Crippen molar-refractivity contribution in [1.29, 1.82) is 0 Å². The molecule has 6 heteroatoms. The smallest absolute Gasteiger partial charge is 0.257 e. The van der Waals surface area contributed by atoms with Crippen molar-refractivity contribution in [2.45, 2.75) is 26.2 Å². The van der Waals surface area contributed by atoms with Crippen molar-refractivity contribution in [1.82, 2.24) is 10.1 Å². The van der Waals surface area contributed by atoms with E-state index in [1.54, 1.807) is 12.0 Å². The molecule has 1 amide bonds. The van der Waals surface area contributed by atoms with E-state index in [0.717, 1.165) is 22.4 Å². The molecule has 138 valence electrons. The number of ether oxygens (including phenoxy) is 1. The molecule has 1 atom stereocenters. The molecule has 0 saturated carbocycles. The summed E-state index contributed by atoms with van der Waals surface area (Å²) >= 11 is 0. The minimum atomic E-state index is -0.106. The number of hydrogen-bond acceptors (Lipinski definition) is 5. The lowest BCUT2D eigenvalue weighted by atomic mass is 10.1. The molecule has 2 aromatic carbocycles. The number of carbonyl (C=O) groups excluding carboxylic acids is 1. The average Bonchev–Trinajstić information content (AvgIpc) is 3.28. The Bertz CT molecular complexity index is 996. The van der Waals surface area contributed by atoms with Crippen molar-refractivity contribution in [3.05, 3.63) is 59.4 Å². The van der Waals surface area contributed by atoms with Crippen LogP contribution in [0.1, 0.15) is 29.3 Å². The van der Waals surface area contributed by atoms with Gasteiger partial charge in [0.1, 0.15) is 5.75 Å². The number of nitrogens with zero attached hydrogens (tertiary/aromatic N) is 3. The molecule has 4 rings (SSSR count). The zero-order valence-corrected chi connectivity index (χ0v) is 15.6. The van der Waals surface area contributed by atoms with Gasteiger partial charge in [-0.15, -0.1) is 0 Å². The Hall–Kier alpha value is -3.15. The first-order valence-corrected chi connectivity index (χ1v) is 8.91. The number of aromatic nitrogens is 2. The molecule has 1 aliphatic rings. The fourth-order valence-electron chi connectivity index (χ4n) is 3.42. The molecule has 1 saturated heterocycles. The summed E-state index contributed by atoms with van der Waals surface area (Å²) in [5.74, 6) is 1.65. The highest BCUT2D eigenvalue weighted by atomic mass is 16.5. The number of carbonyl (C=O) groups is 1. The topological polar surface area (TPSA) is 68.5 Å². The molecule has 0 bridgehead atoms. The van der Waals surface area contributed by atoms with E-state index >= 15 is 0 Å². The fourth-order valence-corrected chi connectivity index (χ4v) is 3.42. The lowest BCUT2D eigenvalue weighted by Crippen LogP contribution is -2.25. The zero-order valence-electron chi connectivity index (χ0n) is 15.6. The molecule has 1 aliphatic heterocycles. The first-order chi connectivity index (χ1) is 13.0. The Morgan fingerprint density at radius 3 is 2.74 bits per heavy atom. The van der Waals surface area contributed by atoms with E-state index in [4.69, 9.17) is 9.26 Å². The minimum Gasteiger partial charge on any atom is -0.495 e. The number of rotatable bonds is 4. The predicted octanol–water partition coefficient (Wildman–Crippen LogP) is 3.88. The van der Waals surface area contributed by atoms with Gasteiger partial charge in [-0.25, -0.2) is 0 Å². The normalized spacial score (nSPS) is 16.8. The standard InChI is InChI=1S/C21H21N3O3/c1-13-5-4-6-15(9-13)21-22-20(23-27-21)16-11-19(25)24(12-16)17-10-14(2)7-8-18(17)26-3/h4-10,16H,11-12H2,1-3H3. The van der Waals surface area contributed by atoms with Gasteiger partial charge < -0.3 is 14.2 Å². The van der Waals surface area contributed by atoms with Crippen LogP contribution in [0, 0.1) is 13.8 Å². The van der Waals surface area contributed by atoms with E-state index in [-0.39, 0.29) is 11.8 Å². The van der Waals surface area contributed by atoms with Gasteiger partial charge in [0.15, 0.2) is 5.82 Å². The predicted molar refractivity (Wildman–Crippen MR) is 102 cm³/mol. The van der Waals surface area contributed by atoms with Gasteiger partial charge in [0.2, 0.25) is 5.91 Å². The third-order valence-corrected chi connectivity index (χ3v) is 4.82. The maximum Gasteiger partial charge on any atom is 0.257 e. The van der Waals surface area contributed by atoms with E-state index in [2.05, 4.69) is 10.1 Å². The van der Waals surface area contributed by atoms with Crippen LogP contribution in [0.5, 0.6) is 5.75 Å². The summed E-state index contributed by atoms with van der Waals surface area (Å²) in [5, 5.41) is 4.13. The van der Waals surface area contributed by atoms with Crippen molar-refractivity contribution < 1.29 is 14.1 Å². The van der Waals surface area contributed by atoms with Crippen LogP contribution in [0.15, 0.2) is 47.0 Å². The maximum atomic E-state index is 12.6. The van der Waals surface area contributed by atoms with Crippen LogP contribution in [0.4, 0.5) is 5.69 Å². The van der Waals surface area contributed by atoms with Crippen molar-refractivity contribution in [2.75, 3.05) is 18.6 Å². The van der Waals surface area contributed by atoms with Gasteiger partial charge in [-0.3, -0.25) is 4.79 Å². The Labute approximate surface area is 157 Å². The van der Waals surface area contributed by atoms with Crippen molar-refractivity contribution in [3.63, 3.8) is 0 Å². The number of benzene rings is 2. The van der Waals surface area contributed by atoms with Crippen molar-refractivity contribution in [3.8, 4) is 17.2 Å². The molecule has 1 aromatic heterocycles. The van der Waals surface area contributed by atoms with Crippen molar-refractivity contribution >= 4 is 11.6 Å². The van der Waals surface area contributed by atoms with Gasteiger partial charge in [-0.05, 0) is 43.7 Å². The number of amides is 1. The summed E-state index contributed by atoms with van der Waals surface area (Å²) in [6.07, 6.45) is 0.351. The molecule has 0 aliphatic carbocycles. The first-order valence-electron chi connectivity index (χ1n) is 8.91. The molecular formula is C21H21N3O3. The van der Waals surface area contributed by atoms with Crippen LogP contribution < -0.4 is 9.64 Å². The van der Waals surface area contributed by atoms with Gasteiger partial charge in [0.05, 0.1) is 12.8 Å². The molecule has 1 unspecified atom stereocenters. The van der Waals surface area contributed by atoms with Crippen LogP contribution in [-0.2, 0) is 4.79 Å². The van der Waals surface area contributed by atoms with Crippen molar-refractivity contribution in [2.24, 2.45) is 0 Å². The minimum absolute atomic E-state index is 0.0332. The van der Waals surface area contributed by atoms with Crippen LogP contribution in [-0.4, -0.2) is 29.7 Å². The van der Waals surface area contributed by atoms with E-state index in [1.807, 2.05) is 56.3 Å². The van der Waals surface area contributed by atoms with Crippen LogP contribution in [0.25, 0.3) is 11.5 Å². The fraction of sp³-hybridized carbons (Fsp3) is 0.286. The largest absolute Gasteiger partial charge is 0.495 e. The van der Waals surface area contributed by atoms with Crippen LogP contribution >= 0.6 is 0 Å². The van der Waals surface area contributed by atoms with Crippen LogP contribution in [0.3, 0.4) is 0 Å². The second-order valence-corrected chi connectivity index (χ2v) is 6.91. The molecule has 6 nitrogen and oxygen atoms in total. The molecule has 1 fully saturated rings. The Balaban J connectivity index is 1.59. The van der Waals surface area contributed by atoms with Crippen LogP contribution in [0.2, 0.25) is 0 Å². The SMILES string of the molecule is COc1ccc(C)cc1N1CC(c2noc(-c3cccc(C)c3)n2)CC1=O. The van der Waals surface area contributed by atoms with Gasteiger partial charge in [-0.1, -0.05) is 28.9 Å². The highest BCUT2D eigenvalue weighted by molar-refractivity contribution is 5.97. The molecule has 0 radical (unpaired) electrons. The number of aryl methyl sites for hydroxylation is 2. The highest BCUT2D eigenvalue weighted by Gasteiger charge is 2.35. The van der Waals surface area contributed by atoms with Gasteiger partial charge in [0.25, 0.3) is 5.89 Å². The Morgan fingerprint density at radius 2 is 1.96 bits per heavy atom. The second-order valence-electron chi connectivity index (χ2n) is 6.91. The lowest BCUT2D eigenvalue weighted by Gasteiger charge is -2.19. The summed E-state index contributed by atoms with van der Waals surface area (Å²) in [5.41, 5.74) is 3.87. The summed E-state index contributed by atoms with van der Waals surface area (Å²) in [4.78, 5) is 18.9. The van der Waals surface area contributed by atoms with E-state index in [9.17, 15) is 4.79 Å². The monoisotopic (exact) mass is 363 g/mol. The molecule has 3 aromatic rings. The third-order valence-electron chi connectivity index (χ3n) is 4.82. The highest BCUT2D eigenvalue weighted by Crippen LogP contribution is 2.36. The second kappa shape index (κ2) is 6.87. The van der Waals surface area contributed by atoms with Gasteiger partial charge >= 0.3 is 0 Å². The summed E-state index contributed by atoms with van der Waals surface area (Å²) < 4.78 is 10.9. The average molecular weight is 363 g/mol. The summed E-state index contributed by atoms with van der Waals surface area (Å²) in [6.45, 7) is 4.52. The van der Waals surface area contributed by atoms with Gasteiger partial charge in [0, 0.05) is 24.4 Å². The molecule has 0 N–H and O–H groups in total. The molecule has 2 heterocycles. The quantitative estimate of drug-likeness (QED) is 0.703. The number of hydrogen-bond donors (Lipinski definition) is 0. The Kier molecular flexibility index (Phi) is 4.39.